The second-order valence-electron chi connectivity index (χ2n) is 4.89. The van der Waals surface area contributed by atoms with Gasteiger partial charge < -0.3 is 20.5 Å². The third kappa shape index (κ3) is 5.03. The molecule has 9 nitrogen and oxygen atoms in total. The lowest BCUT2D eigenvalue weighted by Gasteiger charge is -2.22. The zero-order chi connectivity index (χ0) is 15.1. The Labute approximate surface area is 121 Å². The fourth-order valence-corrected chi connectivity index (χ4v) is 2.06. The molecule has 1 aliphatic heterocycles. The molecule has 9 heteroatoms. The van der Waals surface area contributed by atoms with Crippen LogP contribution < -0.4 is 10.6 Å². The first kappa shape index (κ1) is 15.2. The van der Waals surface area contributed by atoms with Gasteiger partial charge in [-0.15, -0.1) is 5.10 Å². The van der Waals surface area contributed by atoms with Crippen LogP contribution in [0.2, 0.25) is 0 Å². The van der Waals surface area contributed by atoms with Gasteiger partial charge in [-0.1, -0.05) is 5.21 Å². The van der Waals surface area contributed by atoms with Crippen molar-refractivity contribution in [2.75, 3.05) is 26.3 Å². The van der Waals surface area contributed by atoms with E-state index in [9.17, 15) is 9.59 Å². The van der Waals surface area contributed by atoms with Gasteiger partial charge in [0.25, 0.3) is 0 Å². The Balaban J connectivity index is 1.61. The van der Waals surface area contributed by atoms with E-state index in [0.29, 0.717) is 32.2 Å². The Kier molecular flexibility index (Phi) is 5.50. The topological polar surface area (TPSA) is 118 Å². The lowest BCUT2D eigenvalue weighted by molar-refractivity contribution is 0.0557. The Morgan fingerprint density at radius 3 is 3.00 bits per heavy atom. The van der Waals surface area contributed by atoms with Crippen molar-refractivity contribution in [3.8, 4) is 0 Å². The third-order valence-corrected chi connectivity index (χ3v) is 3.19. The first-order valence-electron chi connectivity index (χ1n) is 6.88. The van der Waals surface area contributed by atoms with E-state index >= 15 is 0 Å². The molecule has 1 saturated heterocycles. The number of aromatic carboxylic acids is 1. The van der Waals surface area contributed by atoms with Gasteiger partial charge in [0.2, 0.25) is 0 Å². The fourth-order valence-electron chi connectivity index (χ4n) is 2.06. The maximum absolute atomic E-state index is 11.6. The van der Waals surface area contributed by atoms with Gasteiger partial charge in [0.1, 0.15) is 0 Å². The minimum absolute atomic E-state index is 0.114. The van der Waals surface area contributed by atoms with E-state index in [1.54, 1.807) is 0 Å². The van der Waals surface area contributed by atoms with Crippen molar-refractivity contribution in [1.82, 2.24) is 25.6 Å². The summed E-state index contributed by atoms with van der Waals surface area (Å²) >= 11 is 0. The van der Waals surface area contributed by atoms with Crippen LogP contribution in [0.1, 0.15) is 23.3 Å². The van der Waals surface area contributed by atoms with Gasteiger partial charge in [-0.05, 0) is 18.8 Å². The average Bonchev–Trinajstić information content (AvgIpc) is 2.95. The summed E-state index contributed by atoms with van der Waals surface area (Å²) in [6.45, 7) is 2.80. The summed E-state index contributed by atoms with van der Waals surface area (Å²) in [7, 11) is 0. The zero-order valence-corrected chi connectivity index (χ0v) is 11.6. The first-order valence-corrected chi connectivity index (χ1v) is 6.88. The molecule has 0 radical (unpaired) electrons. The number of hydrogen-bond donors (Lipinski definition) is 3. The number of carbonyl (C=O) groups excluding carboxylic acids is 1. The van der Waals surface area contributed by atoms with Crippen LogP contribution in [0.3, 0.4) is 0 Å². The molecule has 1 aromatic rings. The van der Waals surface area contributed by atoms with E-state index in [1.165, 1.54) is 10.9 Å². The highest BCUT2D eigenvalue weighted by molar-refractivity contribution is 5.84. The molecule has 1 aromatic heterocycles. The van der Waals surface area contributed by atoms with Gasteiger partial charge in [0.05, 0.1) is 19.3 Å². The van der Waals surface area contributed by atoms with Crippen LogP contribution >= 0.6 is 0 Å². The number of carbonyl (C=O) groups is 2. The van der Waals surface area contributed by atoms with Crippen LogP contribution in [0.4, 0.5) is 4.79 Å². The Bertz CT molecular complexity index is 484. The summed E-state index contributed by atoms with van der Waals surface area (Å²) < 4.78 is 6.71. The largest absolute Gasteiger partial charge is 0.476 e. The summed E-state index contributed by atoms with van der Waals surface area (Å²) in [4.78, 5) is 22.2. The predicted octanol–water partition coefficient (Wildman–Crippen LogP) is -0.298. The van der Waals surface area contributed by atoms with Crippen molar-refractivity contribution < 1.29 is 19.4 Å². The molecule has 1 aliphatic rings. The highest BCUT2D eigenvalue weighted by Gasteiger charge is 2.14. The maximum Gasteiger partial charge on any atom is 0.358 e. The second kappa shape index (κ2) is 7.58. The second-order valence-corrected chi connectivity index (χ2v) is 4.89. The van der Waals surface area contributed by atoms with E-state index in [-0.39, 0.29) is 11.7 Å². The van der Waals surface area contributed by atoms with E-state index in [2.05, 4.69) is 20.9 Å². The third-order valence-electron chi connectivity index (χ3n) is 3.19. The van der Waals surface area contributed by atoms with Crippen LogP contribution in [-0.4, -0.2) is 58.4 Å². The standard InChI is InChI=1S/C12H19N5O4/c18-11(19)10-7-17(16-15-10)4-3-13-12(20)14-6-9-2-1-5-21-8-9/h7,9H,1-6,8H2,(H,18,19)(H2,13,14,20). The number of aromatic nitrogens is 3. The summed E-state index contributed by atoms with van der Waals surface area (Å²) in [6, 6.07) is -0.251. The number of amides is 2. The van der Waals surface area contributed by atoms with Crippen molar-refractivity contribution in [2.24, 2.45) is 5.92 Å². The Hall–Kier alpha value is -2.16. The Morgan fingerprint density at radius 1 is 1.48 bits per heavy atom. The van der Waals surface area contributed by atoms with Gasteiger partial charge in [-0.2, -0.15) is 0 Å². The summed E-state index contributed by atoms with van der Waals surface area (Å²) in [5.41, 5.74) is -0.114. The smallest absolute Gasteiger partial charge is 0.358 e. The molecule has 1 fully saturated rings. The highest BCUT2D eigenvalue weighted by Crippen LogP contribution is 2.11. The van der Waals surface area contributed by atoms with E-state index in [0.717, 1.165) is 19.4 Å². The number of hydrogen-bond acceptors (Lipinski definition) is 5. The number of rotatable bonds is 6. The molecule has 3 N–H and O–H groups in total. The molecule has 0 saturated carbocycles. The molecule has 1 atom stereocenters. The van der Waals surface area contributed by atoms with Crippen molar-refractivity contribution in [3.63, 3.8) is 0 Å². The quantitative estimate of drug-likeness (QED) is 0.663. The number of nitrogens with one attached hydrogen (secondary N) is 2. The molecule has 116 valence electrons. The van der Waals surface area contributed by atoms with Gasteiger partial charge in [-0.3, -0.25) is 0 Å². The lowest BCUT2D eigenvalue weighted by atomic mass is 10.0. The minimum atomic E-state index is -1.12. The monoisotopic (exact) mass is 297 g/mol. The van der Waals surface area contributed by atoms with Crippen LogP contribution in [0.15, 0.2) is 6.20 Å². The number of ether oxygens (including phenoxy) is 1. The molecule has 2 amide bonds. The fraction of sp³-hybridized carbons (Fsp3) is 0.667. The molecular formula is C12H19N5O4. The van der Waals surface area contributed by atoms with Crippen LogP contribution in [-0.2, 0) is 11.3 Å². The van der Waals surface area contributed by atoms with Crippen LogP contribution in [0.25, 0.3) is 0 Å². The SMILES string of the molecule is O=C(NCCn1cc(C(=O)O)nn1)NCC1CCCOC1. The zero-order valence-electron chi connectivity index (χ0n) is 11.6. The summed E-state index contributed by atoms with van der Waals surface area (Å²) in [5, 5.41) is 21.3. The Morgan fingerprint density at radius 2 is 2.33 bits per heavy atom. The molecule has 0 spiro atoms. The molecule has 0 aromatic carbocycles. The average molecular weight is 297 g/mol. The predicted molar refractivity (Wildman–Crippen MR) is 71.9 cm³/mol. The molecular weight excluding hydrogens is 278 g/mol. The van der Waals surface area contributed by atoms with Gasteiger partial charge >= 0.3 is 12.0 Å². The minimum Gasteiger partial charge on any atom is -0.476 e. The van der Waals surface area contributed by atoms with Crippen molar-refractivity contribution in [2.45, 2.75) is 19.4 Å². The van der Waals surface area contributed by atoms with Crippen molar-refractivity contribution in [1.29, 1.82) is 0 Å². The summed E-state index contributed by atoms with van der Waals surface area (Å²) in [6.07, 6.45) is 3.42. The van der Waals surface area contributed by atoms with E-state index < -0.39 is 5.97 Å². The highest BCUT2D eigenvalue weighted by atomic mass is 16.5. The molecule has 0 aliphatic carbocycles. The molecule has 2 rings (SSSR count). The van der Waals surface area contributed by atoms with Gasteiger partial charge in [-0.25, -0.2) is 14.3 Å². The van der Waals surface area contributed by atoms with Gasteiger partial charge in [0, 0.05) is 19.7 Å². The molecule has 2 heterocycles. The molecule has 1 unspecified atom stereocenters. The first-order chi connectivity index (χ1) is 10.1. The number of urea groups is 1. The number of carboxylic acids is 1. The lowest BCUT2D eigenvalue weighted by Crippen LogP contribution is -2.41. The van der Waals surface area contributed by atoms with E-state index in [1.807, 2.05) is 0 Å². The van der Waals surface area contributed by atoms with Gasteiger partial charge in [0.15, 0.2) is 5.69 Å². The van der Waals surface area contributed by atoms with Crippen molar-refractivity contribution in [3.05, 3.63) is 11.9 Å². The van der Waals surface area contributed by atoms with Crippen LogP contribution in [0.5, 0.6) is 0 Å². The number of carboxylic acid groups (broad SMARTS) is 1. The maximum atomic E-state index is 11.6. The summed E-state index contributed by atoms with van der Waals surface area (Å²) in [5.74, 6) is -0.750. The molecule has 0 bridgehead atoms. The van der Waals surface area contributed by atoms with E-state index in [4.69, 9.17) is 9.84 Å². The van der Waals surface area contributed by atoms with Crippen molar-refractivity contribution >= 4 is 12.0 Å². The van der Waals surface area contributed by atoms with Crippen LogP contribution in [0, 0.1) is 5.92 Å². The number of nitrogens with zero attached hydrogens (tertiary/aromatic N) is 3. The normalized spacial score (nSPS) is 18.2. The molecule has 21 heavy (non-hydrogen) atoms.